The molecule has 1 aliphatic carbocycles. The van der Waals surface area contributed by atoms with Crippen molar-refractivity contribution >= 4 is 61.5 Å². The van der Waals surface area contributed by atoms with E-state index in [1.165, 1.54) is 25.1 Å². The number of carbonyl (C=O) groups is 2. The quantitative estimate of drug-likeness (QED) is 0.284. The van der Waals surface area contributed by atoms with Gasteiger partial charge in [-0.15, -0.1) is 11.6 Å². The lowest BCUT2D eigenvalue weighted by Gasteiger charge is -2.26. The molecule has 0 saturated carbocycles. The van der Waals surface area contributed by atoms with Crippen molar-refractivity contribution in [3.8, 4) is 0 Å². The van der Waals surface area contributed by atoms with Crippen LogP contribution in [0.3, 0.4) is 0 Å². The first-order chi connectivity index (χ1) is 16.5. The van der Waals surface area contributed by atoms with Crippen LogP contribution in [0.15, 0.2) is 48.7 Å². The molecule has 3 aromatic rings. The summed E-state index contributed by atoms with van der Waals surface area (Å²) in [5, 5.41) is 6.44. The van der Waals surface area contributed by atoms with E-state index in [0.717, 1.165) is 12.3 Å². The average molecular weight is 537 g/mol. The first-order valence-electron chi connectivity index (χ1n) is 10.3. The minimum absolute atomic E-state index is 0.00332. The number of fused-ring (bicyclic) bond motifs is 1. The predicted molar refractivity (Wildman–Crippen MR) is 132 cm³/mol. The van der Waals surface area contributed by atoms with Crippen LogP contribution in [0.4, 0.5) is 10.1 Å². The summed E-state index contributed by atoms with van der Waals surface area (Å²) in [5.41, 5.74) is -0.0975. The lowest BCUT2D eigenvalue weighted by Crippen LogP contribution is -2.38. The number of allylic oxidation sites excluding steroid dienone is 3. The van der Waals surface area contributed by atoms with E-state index in [1.807, 2.05) is 0 Å². The maximum Gasteiger partial charge on any atom is 0.263 e. The summed E-state index contributed by atoms with van der Waals surface area (Å²) >= 11 is 11.7. The van der Waals surface area contributed by atoms with Crippen molar-refractivity contribution in [2.45, 2.75) is 25.0 Å². The highest BCUT2D eigenvalue weighted by molar-refractivity contribution is 7.91. The molecule has 0 radical (unpaired) electrons. The highest BCUT2D eigenvalue weighted by Gasteiger charge is 2.40. The number of pyridine rings is 1. The van der Waals surface area contributed by atoms with E-state index in [4.69, 9.17) is 23.2 Å². The van der Waals surface area contributed by atoms with Gasteiger partial charge in [0.1, 0.15) is 32.8 Å². The average Bonchev–Trinajstić information content (AvgIpc) is 3.27. The number of benzene rings is 1. The maximum atomic E-state index is 15.0. The minimum atomic E-state index is -4.21. The van der Waals surface area contributed by atoms with E-state index in [0.29, 0.717) is 9.65 Å². The zero-order valence-electron chi connectivity index (χ0n) is 18.5. The molecule has 0 fully saturated rings. The van der Waals surface area contributed by atoms with E-state index >= 15 is 0 Å². The molecule has 0 bridgehead atoms. The van der Waals surface area contributed by atoms with Gasteiger partial charge >= 0.3 is 0 Å². The highest BCUT2D eigenvalue weighted by Crippen LogP contribution is 2.33. The van der Waals surface area contributed by atoms with Crippen molar-refractivity contribution in [3.63, 3.8) is 0 Å². The van der Waals surface area contributed by atoms with Gasteiger partial charge in [0.2, 0.25) is 11.7 Å². The fraction of sp³-hybridized carbons (Fsp3) is 0.217. The Hall–Kier alpha value is -3.08. The second kappa shape index (κ2) is 9.18. The fourth-order valence-electron chi connectivity index (χ4n) is 3.81. The SMILES string of the molecule is Cc1cc(Cl)nc(C(=O)c2ccc(F)c3c2cnn3S(=O)(=O)C2(C)C=CC=CC2)c1NC(=O)CCl. The Labute approximate surface area is 210 Å². The fourth-order valence-corrected chi connectivity index (χ4v) is 5.67. The largest absolute Gasteiger partial charge is 0.323 e. The number of ketones is 1. The summed E-state index contributed by atoms with van der Waals surface area (Å²) < 4.78 is 41.2. The van der Waals surface area contributed by atoms with Gasteiger partial charge in [-0.25, -0.2) is 17.8 Å². The van der Waals surface area contributed by atoms with Crippen LogP contribution < -0.4 is 5.32 Å². The molecule has 182 valence electrons. The molecule has 4 rings (SSSR count). The Bertz CT molecular complexity index is 1550. The standard InChI is InChI=1S/C23H19Cl2FN4O4S/c1-13-10-17(25)28-20(19(13)29-18(31)11-24)22(32)14-6-7-16(26)21-15(14)12-27-30(21)35(33,34)23(2)8-4-3-5-9-23/h3-8,10,12H,9,11H2,1-2H3,(H,29,31). The first kappa shape index (κ1) is 25.0. The summed E-state index contributed by atoms with van der Waals surface area (Å²) in [6.07, 6.45) is 7.80. The molecule has 1 aliphatic rings. The maximum absolute atomic E-state index is 15.0. The van der Waals surface area contributed by atoms with E-state index < -0.39 is 32.3 Å². The third-order valence-corrected chi connectivity index (χ3v) is 8.37. The van der Waals surface area contributed by atoms with Crippen molar-refractivity contribution in [3.05, 3.63) is 76.5 Å². The number of hydrogen-bond donors (Lipinski definition) is 1. The van der Waals surface area contributed by atoms with Gasteiger partial charge in [0.15, 0.2) is 0 Å². The number of alkyl halides is 1. The molecule has 35 heavy (non-hydrogen) atoms. The van der Waals surface area contributed by atoms with Gasteiger partial charge in [-0.1, -0.05) is 35.9 Å². The molecule has 1 amide bonds. The summed E-state index contributed by atoms with van der Waals surface area (Å²) in [4.78, 5) is 29.6. The van der Waals surface area contributed by atoms with Crippen molar-refractivity contribution in [2.75, 3.05) is 11.2 Å². The van der Waals surface area contributed by atoms with Crippen LogP contribution in [-0.2, 0) is 14.8 Å². The highest BCUT2D eigenvalue weighted by atomic mass is 35.5. The van der Waals surface area contributed by atoms with Crippen LogP contribution in [0.5, 0.6) is 0 Å². The number of rotatable bonds is 6. The van der Waals surface area contributed by atoms with Crippen LogP contribution in [-0.4, -0.2) is 44.9 Å². The number of amides is 1. The molecule has 1 unspecified atom stereocenters. The van der Waals surface area contributed by atoms with Crippen LogP contribution >= 0.6 is 23.2 Å². The number of aryl methyl sites for hydroxylation is 1. The van der Waals surface area contributed by atoms with Crippen LogP contribution in [0.25, 0.3) is 10.9 Å². The Kier molecular flexibility index (Phi) is 6.56. The number of nitrogens with one attached hydrogen (secondary N) is 1. The van der Waals surface area contributed by atoms with E-state index in [9.17, 15) is 22.4 Å². The Balaban J connectivity index is 1.90. The van der Waals surface area contributed by atoms with Gasteiger partial charge in [-0.05, 0) is 44.0 Å². The summed E-state index contributed by atoms with van der Waals surface area (Å²) in [6, 6.07) is 3.64. The summed E-state index contributed by atoms with van der Waals surface area (Å²) in [6.45, 7) is 3.12. The van der Waals surface area contributed by atoms with E-state index in [1.54, 1.807) is 25.2 Å². The zero-order chi connectivity index (χ0) is 25.5. The molecular weight excluding hydrogens is 518 g/mol. The van der Waals surface area contributed by atoms with Gasteiger partial charge < -0.3 is 5.32 Å². The molecule has 2 aromatic heterocycles. The molecule has 0 saturated heterocycles. The number of hydrogen-bond acceptors (Lipinski definition) is 6. The number of anilines is 1. The monoisotopic (exact) mass is 536 g/mol. The first-order valence-corrected chi connectivity index (χ1v) is 12.7. The number of aromatic nitrogens is 3. The van der Waals surface area contributed by atoms with Gasteiger partial charge in [-0.3, -0.25) is 9.59 Å². The topological polar surface area (TPSA) is 111 Å². The van der Waals surface area contributed by atoms with Crippen molar-refractivity contribution in [1.29, 1.82) is 0 Å². The molecular formula is C23H19Cl2FN4O4S. The van der Waals surface area contributed by atoms with Crippen LogP contribution in [0.1, 0.15) is 35.0 Å². The van der Waals surface area contributed by atoms with Crippen molar-refractivity contribution in [1.82, 2.24) is 14.2 Å². The van der Waals surface area contributed by atoms with Crippen LogP contribution in [0, 0.1) is 12.7 Å². The molecule has 2 heterocycles. The lowest BCUT2D eigenvalue weighted by atomic mass is 10.0. The summed E-state index contributed by atoms with van der Waals surface area (Å²) in [5.74, 6) is -2.51. The molecule has 8 nitrogen and oxygen atoms in total. The van der Waals surface area contributed by atoms with Gasteiger partial charge in [0.25, 0.3) is 10.0 Å². The van der Waals surface area contributed by atoms with Crippen molar-refractivity contribution in [2.24, 2.45) is 0 Å². The third kappa shape index (κ3) is 4.26. The van der Waals surface area contributed by atoms with Gasteiger partial charge in [-0.2, -0.15) is 9.19 Å². The molecule has 0 spiro atoms. The molecule has 12 heteroatoms. The van der Waals surface area contributed by atoms with Crippen LogP contribution in [0.2, 0.25) is 5.15 Å². The molecule has 1 N–H and O–H groups in total. The van der Waals surface area contributed by atoms with Gasteiger partial charge in [0, 0.05) is 10.9 Å². The Morgan fingerprint density at radius 3 is 2.69 bits per heavy atom. The predicted octanol–water partition coefficient (Wildman–Crippen LogP) is 4.39. The lowest BCUT2D eigenvalue weighted by molar-refractivity contribution is -0.113. The second-order valence-electron chi connectivity index (χ2n) is 8.15. The molecule has 1 atom stereocenters. The summed E-state index contributed by atoms with van der Waals surface area (Å²) in [7, 11) is -4.21. The van der Waals surface area contributed by atoms with Gasteiger partial charge in [0.05, 0.1) is 11.9 Å². The smallest absolute Gasteiger partial charge is 0.263 e. The zero-order valence-corrected chi connectivity index (χ0v) is 20.9. The minimum Gasteiger partial charge on any atom is -0.323 e. The van der Waals surface area contributed by atoms with E-state index in [2.05, 4.69) is 15.4 Å². The number of halogens is 3. The number of nitrogens with zero attached hydrogens (tertiary/aromatic N) is 3. The number of carbonyl (C=O) groups excluding carboxylic acids is 2. The Morgan fingerprint density at radius 2 is 2.03 bits per heavy atom. The molecule has 1 aromatic carbocycles. The second-order valence-corrected chi connectivity index (χ2v) is 11.0. The third-order valence-electron chi connectivity index (χ3n) is 5.72. The van der Waals surface area contributed by atoms with Crippen molar-refractivity contribution < 1.29 is 22.4 Å². The normalized spacial score (nSPS) is 17.6. The van der Waals surface area contributed by atoms with E-state index in [-0.39, 0.29) is 45.3 Å². The Morgan fingerprint density at radius 1 is 1.29 bits per heavy atom. The molecule has 0 aliphatic heterocycles.